The fourth-order valence-electron chi connectivity index (χ4n) is 2.52. The van der Waals surface area contributed by atoms with Crippen molar-refractivity contribution in [1.29, 1.82) is 0 Å². The lowest BCUT2D eigenvalue weighted by Gasteiger charge is -2.16. The van der Waals surface area contributed by atoms with Gasteiger partial charge in [0, 0.05) is 5.39 Å². The monoisotopic (exact) mass is 229 g/mol. The summed E-state index contributed by atoms with van der Waals surface area (Å²) < 4.78 is 5.86. The second-order valence-corrected chi connectivity index (χ2v) is 5.41. The zero-order valence-electron chi connectivity index (χ0n) is 10.4. The number of furan rings is 1. The molecule has 1 aliphatic carbocycles. The summed E-state index contributed by atoms with van der Waals surface area (Å²) in [5.74, 6) is 2.27. The second kappa shape index (κ2) is 3.88. The van der Waals surface area contributed by atoms with Gasteiger partial charge in [-0.1, -0.05) is 18.6 Å². The number of hydrogen-bond donors (Lipinski definition) is 1. The molecule has 17 heavy (non-hydrogen) atoms. The fourth-order valence-corrected chi connectivity index (χ4v) is 2.52. The molecule has 0 radical (unpaired) electrons. The van der Waals surface area contributed by atoms with Crippen LogP contribution in [0.1, 0.15) is 37.1 Å². The van der Waals surface area contributed by atoms with Crippen LogP contribution in [0.4, 0.5) is 0 Å². The highest BCUT2D eigenvalue weighted by atomic mass is 16.3. The Morgan fingerprint density at radius 1 is 1.29 bits per heavy atom. The normalized spacial score (nSPS) is 19.5. The van der Waals surface area contributed by atoms with Crippen molar-refractivity contribution in [2.45, 2.75) is 32.7 Å². The lowest BCUT2D eigenvalue weighted by Crippen LogP contribution is -2.19. The Labute approximate surface area is 102 Å². The number of aryl methyl sites for hydroxylation is 1. The average molecular weight is 229 g/mol. The van der Waals surface area contributed by atoms with Crippen molar-refractivity contribution in [2.24, 2.45) is 17.6 Å². The molecule has 90 valence electrons. The first-order chi connectivity index (χ1) is 8.15. The van der Waals surface area contributed by atoms with Crippen molar-refractivity contribution in [2.75, 3.05) is 0 Å². The van der Waals surface area contributed by atoms with E-state index in [9.17, 15) is 0 Å². The van der Waals surface area contributed by atoms with Gasteiger partial charge in [0.25, 0.3) is 0 Å². The van der Waals surface area contributed by atoms with Crippen LogP contribution in [0.2, 0.25) is 0 Å². The maximum absolute atomic E-state index is 6.29. The van der Waals surface area contributed by atoms with Crippen LogP contribution in [0.5, 0.6) is 0 Å². The predicted molar refractivity (Wildman–Crippen MR) is 69.8 cm³/mol. The lowest BCUT2D eigenvalue weighted by molar-refractivity contribution is 0.363. The molecule has 2 aromatic rings. The van der Waals surface area contributed by atoms with Crippen LogP contribution in [0, 0.1) is 18.8 Å². The van der Waals surface area contributed by atoms with Gasteiger partial charge < -0.3 is 10.2 Å². The highest BCUT2D eigenvalue weighted by molar-refractivity contribution is 5.78. The third kappa shape index (κ3) is 1.98. The largest absolute Gasteiger partial charge is 0.459 e. The standard InChI is InChI=1S/C15H19NO/c1-9-3-6-13-12(7-9)8-14(17-13)15(16)10(2)11-4-5-11/h3,6-8,10-11,15H,4-5,16H2,1-2H3. The highest BCUT2D eigenvalue weighted by Crippen LogP contribution is 2.42. The van der Waals surface area contributed by atoms with E-state index in [1.807, 2.05) is 6.07 Å². The maximum Gasteiger partial charge on any atom is 0.134 e. The van der Waals surface area contributed by atoms with Crippen molar-refractivity contribution >= 4 is 11.0 Å². The van der Waals surface area contributed by atoms with Crippen molar-refractivity contribution in [3.63, 3.8) is 0 Å². The molecule has 1 aromatic heterocycles. The van der Waals surface area contributed by atoms with E-state index in [2.05, 4.69) is 32.0 Å². The van der Waals surface area contributed by atoms with E-state index < -0.39 is 0 Å². The first-order valence-electron chi connectivity index (χ1n) is 6.41. The number of nitrogens with two attached hydrogens (primary N) is 1. The van der Waals surface area contributed by atoms with Gasteiger partial charge in [-0.15, -0.1) is 0 Å². The molecule has 1 fully saturated rings. The molecule has 0 saturated heterocycles. The van der Waals surface area contributed by atoms with Crippen LogP contribution in [0.3, 0.4) is 0 Å². The van der Waals surface area contributed by atoms with Crippen molar-refractivity contribution < 1.29 is 4.42 Å². The molecule has 3 rings (SSSR count). The molecular weight excluding hydrogens is 210 g/mol. The summed E-state index contributed by atoms with van der Waals surface area (Å²) in [5, 5.41) is 1.17. The molecule has 2 atom stereocenters. The zero-order valence-corrected chi connectivity index (χ0v) is 10.4. The Balaban J connectivity index is 1.94. The Morgan fingerprint density at radius 2 is 2.06 bits per heavy atom. The predicted octanol–water partition coefficient (Wildman–Crippen LogP) is 3.79. The van der Waals surface area contributed by atoms with Crippen LogP contribution in [-0.4, -0.2) is 0 Å². The molecule has 0 bridgehead atoms. The minimum absolute atomic E-state index is 0.0372. The molecule has 2 N–H and O–H groups in total. The molecule has 0 aliphatic heterocycles. The molecular formula is C15H19NO. The summed E-state index contributed by atoms with van der Waals surface area (Å²) in [6.07, 6.45) is 2.66. The Hall–Kier alpha value is -1.28. The van der Waals surface area contributed by atoms with E-state index in [1.54, 1.807) is 0 Å². The minimum Gasteiger partial charge on any atom is -0.459 e. The topological polar surface area (TPSA) is 39.2 Å². The molecule has 2 heteroatoms. The Kier molecular flexibility index (Phi) is 2.48. The van der Waals surface area contributed by atoms with E-state index in [1.165, 1.54) is 23.8 Å². The maximum atomic E-state index is 6.29. The molecule has 0 spiro atoms. The summed E-state index contributed by atoms with van der Waals surface area (Å²) in [5.41, 5.74) is 8.49. The SMILES string of the molecule is Cc1ccc2oc(C(N)C(C)C3CC3)cc2c1. The quantitative estimate of drug-likeness (QED) is 0.869. The minimum atomic E-state index is 0.0372. The Morgan fingerprint density at radius 3 is 2.76 bits per heavy atom. The van der Waals surface area contributed by atoms with Gasteiger partial charge >= 0.3 is 0 Å². The molecule has 1 saturated carbocycles. The van der Waals surface area contributed by atoms with Gasteiger partial charge in [0.2, 0.25) is 0 Å². The number of fused-ring (bicyclic) bond motifs is 1. The number of benzene rings is 1. The van der Waals surface area contributed by atoms with Gasteiger partial charge in [0.15, 0.2) is 0 Å². The molecule has 0 amide bonds. The zero-order chi connectivity index (χ0) is 12.0. The van der Waals surface area contributed by atoms with Gasteiger partial charge in [-0.25, -0.2) is 0 Å². The Bertz CT molecular complexity index is 539. The second-order valence-electron chi connectivity index (χ2n) is 5.41. The van der Waals surface area contributed by atoms with Crippen LogP contribution in [0.25, 0.3) is 11.0 Å². The summed E-state index contributed by atoms with van der Waals surface area (Å²) in [7, 11) is 0. The smallest absolute Gasteiger partial charge is 0.134 e. The van der Waals surface area contributed by atoms with Crippen LogP contribution < -0.4 is 5.73 Å². The fraction of sp³-hybridized carbons (Fsp3) is 0.467. The highest BCUT2D eigenvalue weighted by Gasteiger charge is 2.33. The third-order valence-corrected chi connectivity index (χ3v) is 3.95. The molecule has 1 aromatic carbocycles. The van der Waals surface area contributed by atoms with Gasteiger partial charge in [-0.3, -0.25) is 0 Å². The van der Waals surface area contributed by atoms with E-state index in [4.69, 9.17) is 10.2 Å². The average Bonchev–Trinajstić information content (AvgIpc) is 3.07. The summed E-state index contributed by atoms with van der Waals surface area (Å²) >= 11 is 0. The molecule has 2 nitrogen and oxygen atoms in total. The number of hydrogen-bond acceptors (Lipinski definition) is 2. The van der Waals surface area contributed by atoms with Crippen LogP contribution in [0.15, 0.2) is 28.7 Å². The number of rotatable bonds is 3. The molecule has 1 aliphatic rings. The van der Waals surface area contributed by atoms with Gasteiger partial charge in [0.05, 0.1) is 6.04 Å². The lowest BCUT2D eigenvalue weighted by atomic mass is 9.95. The van der Waals surface area contributed by atoms with E-state index in [0.717, 1.165) is 17.3 Å². The summed E-state index contributed by atoms with van der Waals surface area (Å²) in [4.78, 5) is 0. The molecule has 1 heterocycles. The van der Waals surface area contributed by atoms with Crippen molar-refractivity contribution in [3.8, 4) is 0 Å². The van der Waals surface area contributed by atoms with Gasteiger partial charge in [-0.2, -0.15) is 0 Å². The van der Waals surface area contributed by atoms with E-state index in [-0.39, 0.29) is 6.04 Å². The van der Waals surface area contributed by atoms with Crippen LogP contribution >= 0.6 is 0 Å². The summed E-state index contributed by atoms with van der Waals surface area (Å²) in [6, 6.07) is 8.40. The van der Waals surface area contributed by atoms with Crippen molar-refractivity contribution in [1.82, 2.24) is 0 Å². The first-order valence-corrected chi connectivity index (χ1v) is 6.41. The third-order valence-electron chi connectivity index (χ3n) is 3.95. The van der Waals surface area contributed by atoms with Gasteiger partial charge in [-0.05, 0) is 49.8 Å². The van der Waals surface area contributed by atoms with Gasteiger partial charge in [0.1, 0.15) is 11.3 Å². The summed E-state index contributed by atoms with van der Waals surface area (Å²) in [6.45, 7) is 4.33. The van der Waals surface area contributed by atoms with Crippen molar-refractivity contribution in [3.05, 3.63) is 35.6 Å². The van der Waals surface area contributed by atoms with E-state index in [0.29, 0.717) is 5.92 Å². The molecule has 2 unspecified atom stereocenters. The van der Waals surface area contributed by atoms with Crippen LogP contribution in [-0.2, 0) is 0 Å². The first kappa shape index (κ1) is 10.8. The van der Waals surface area contributed by atoms with E-state index >= 15 is 0 Å².